The van der Waals surface area contributed by atoms with Gasteiger partial charge in [-0.2, -0.15) is 0 Å². The summed E-state index contributed by atoms with van der Waals surface area (Å²) in [6.07, 6.45) is 2.92. The van der Waals surface area contributed by atoms with E-state index in [2.05, 4.69) is 43.1 Å². The Morgan fingerprint density at radius 2 is 2.00 bits per heavy atom. The molecule has 0 bridgehead atoms. The largest absolute Gasteiger partial charge is 0.313 e. The lowest BCUT2D eigenvalue weighted by Gasteiger charge is -2.14. The van der Waals surface area contributed by atoms with Crippen LogP contribution >= 0.6 is 0 Å². The quantitative estimate of drug-likeness (QED) is 0.694. The van der Waals surface area contributed by atoms with Crippen LogP contribution in [0, 0.1) is 6.92 Å². The van der Waals surface area contributed by atoms with Crippen molar-refractivity contribution in [2.45, 2.75) is 19.4 Å². The van der Waals surface area contributed by atoms with E-state index in [1.807, 2.05) is 13.1 Å². The Morgan fingerprint density at radius 1 is 1.38 bits per heavy atom. The summed E-state index contributed by atoms with van der Waals surface area (Å²) < 4.78 is 0. The van der Waals surface area contributed by atoms with Gasteiger partial charge < -0.3 is 5.32 Å². The maximum Gasteiger partial charge on any atom is 0.0352 e. The Kier molecular flexibility index (Phi) is 3.71. The van der Waals surface area contributed by atoms with Crippen LogP contribution in [0.3, 0.4) is 0 Å². The van der Waals surface area contributed by atoms with E-state index in [9.17, 15) is 0 Å². The minimum atomic E-state index is 0.401. The highest BCUT2D eigenvalue weighted by atomic mass is 14.9. The Balaban J connectivity index is 2.78. The summed E-state index contributed by atoms with van der Waals surface area (Å²) >= 11 is 0. The standard InChI is InChI=1S/C12H17N/c1-4-5-12(13-3)11-8-6-10(2)7-9-11/h4,6-9,12-13H,1,5H2,2-3H3/t12-/m1/s1. The van der Waals surface area contributed by atoms with Crippen molar-refractivity contribution in [3.05, 3.63) is 48.0 Å². The van der Waals surface area contributed by atoms with Crippen LogP contribution in [0.5, 0.6) is 0 Å². The number of rotatable bonds is 4. The van der Waals surface area contributed by atoms with Gasteiger partial charge in [0.05, 0.1) is 0 Å². The van der Waals surface area contributed by atoms with Crippen molar-refractivity contribution in [2.24, 2.45) is 0 Å². The number of aryl methyl sites for hydroxylation is 1. The van der Waals surface area contributed by atoms with E-state index in [1.54, 1.807) is 0 Å². The van der Waals surface area contributed by atoms with Gasteiger partial charge in [0.25, 0.3) is 0 Å². The fraction of sp³-hybridized carbons (Fsp3) is 0.333. The van der Waals surface area contributed by atoms with Crippen LogP contribution < -0.4 is 5.32 Å². The van der Waals surface area contributed by atoms with E-state index in [0.717, 1.165) is 6.42 Å². The first-order chi connectivity index (χ1) is 6.27. The fourth-order valence-electron chi connectivity index (χ4n) is 1.39. The molecule has 1 aromatic carbocycles. The highest BCUT2D eigenvalue weighted by molar-refractivity contribution is 5.24. The van der Waals surface area contributed by atoms with Crippen LogP contribution in [0.2, 0.25) is 0 Å². The maximum absolute atomic E-state index is 3.75. The normalized spacial score (nSPS) is 12.5. The molecule has 0 saturated carbocycles. The summed E-state index contributed by atoms with van der Waals surface area (Å²) in [7, 11) is 1.98. The first kappa shape index (κ1) is 10.0. The van der Waals surface area contributed by atoms with E-state index in [0.29, 0.717) is 6.04 Å². The number of hydrogen-bond acceptors (Lipinski definition) is 1. The van der Waals surface area contributed by atoms with Crippen molar-refractivity contribution in [1.29, 1.82) is 0 Å². The van der Waals surface area contributed by atoms with E-state index < -0.39 is 0 Å². The lowest BCUT2D eigenvalue weighted by Crippen LogP contribution is -2.15. The van der Waals surface area contributed by atoms with Crippen molar-refractivity contribution < 1.29 is 0 Å². The summed E-state index contributed by atoms with van der Waals surface area (Å²) in [6, 6.07) is 9.02. The second kappa shape index (κ2) is 4.83. The molecule has 0 saturated heterocycles. The maximum atomic E-state index is 3.75. The summed E-state index contributed by atoms with van der Waals surface area (Å²) in [5.74, 6) is 0. The molecule has 0 heterocycles. The Hall–Kier alpha value is -1.08. The first-order valence-electron chi connectivity index (χ1n) is 4.62. The lowest BCUT2D eigenvalue weighted by atomic mass is 10.0. The van der Waals surface area contributed by atoms with E-state index >= 15 is 0 Å². The van der Waals surface area contributed by atoms with Crippen LogP contribution in [0.15, 0.2) is 36.9 Å². The SMILES string of the molecule is C=CC[C@@H](NC)c1ccc(C)cc1. The Bertz CT molecular complexity index is 261. The zero-order chi connectivity index (χ0) is 9.68. The molecular weight excluding hydrogens is 158 g/mol. The molecule has 1 heteroatoms. The van der Waals surface area contributed by atoms with Gasteiger partial charge in [-0.05, 0) is 26.0 Å². The minimum Gasteiger partial charge on any atom is -0.313 e. The van der Waals surface area contributed by atoms with Gasteiger partial charge in [0, 0.05) is 6.04 Å². The van der Waals surface area contributed by atoms with Crippen molar-refractivity contribution in [2.75, 3.05) is 7.05 Å². The third-order valence-corrected chi connectivity index (χ3v) is 2.23. The van der Waals surface area contributed by atoms with Crippen molar-refractivity contribution in [3.63, 3.8) is 0 Å². The van der Waals surface area contributed by atoms with Crippen LogP contribution in [0.1, 0.15) is 23.6 Å². The highest BCUT2D eigenvalue weighted by Gasteiger charge is 2.05. The molecule has 1 aromatic rings. The van der Waals surface area contributed by atoms with Crippen molar-refractivity contribution in [1.82, 2.24) is 5.32 Å². The zero-order valence-corrected chi connectivity index (χ0v) is 8.38. The average Bonchev–Trinajstić information content (AvgIpc) is 2.16. The van der Waals surface area contributed by atoms with Crippen molar-refractivity contribution in [3.8, 4) is 0 Å². The molecule has 1 N–H and O–H groups in total. The second-order valence-electron chi connectivity index (χ2n) is 3.28. The van der Waals surface area contributed by atoms with Gasteiger partial charge in [-0.1, -0.05) is 35.9 Å². The van der Waals surface area contributed by atoms with Gasteiger partial charge in [0.2, 0.25) is 0 Å². The predicted molar refractivity (Wildman–Crippen MR) is 57.8 cm³/mol. The molecule has 0 aliphatic heterocycles. The Labute approximate surface area is 80.5 Å². The molecule has 1 rings (SSSR count). The average molecular weight is 175 g/mol. The molecule has 13 heavy (non-hydrogen) atoms. The highest BCUT2D eigenvalue weighted by Crippen LogP contribution is 2.16. The Morgan fingerprint density at radius 3 is 2.46 bits per heavy atom. The molecule has 0 aliphatic carbocycles. The molecule has 0 aromatic heterocycles. The summed E-state index contributed by atoms with van der Waals surface area (Å²) in [5, 5.41) is 3.27. The van der Waals surface area contributed by atoms with Crippen LogP contribution in [-0.2, 0) is 0 Å². The van der Waals surface area contributed by atoms with Gasteiger partial charge in [-0.25, -0.2) is 0 Å². The number of hydrogen-bond donors (Lipinski definition) is 1. The lowest BCUT2D eigenvalue weighted by molar-refractivity contribution is 0.603. The fourth-order valence-corrected chi connectivity index (χ4v) is 1.39. The number of benzene rings is 1. The molecule has 1 atom stereocenters. The van der Waals surface area contributed by atoms with Gasteiger partial charge in [0.15, 0.2) is 0 Å². The topological polar surface area (TPSA) is 12.0 Å². The predicted octanol–water partition coefficient (Wildman–Crippen LogP) is 2.83. The molecule has 0 spiro atoms. The van der Waals surface area contributed by atoms with Crippen LogP contribution in [0.25, 0.3) is 0 Å². The molecule has 1 nitrogen and oxygen atoms in total. The molecule has 0 fully saturated rings. The molecule has 0 amide bonds. The molecule has 70 valence electrons. The molecular formula is C12H17N. The van der Waals surface area contributed by atoms with Gasteiger partial charge in [0.1, 0.15) is 0 Å². The first-order valence-corrected chi connectivity index (χ1v) is 4.62. The molecule has 0 radical (unpaired) electrons. The zero-order valence-electron chi connectivity index (χ0n) is 8.38. The van der Waals surface area contributed by atoms with Gasteiger partial charge in [-0.15, -0.1) is 6.58 Å². The van der Waals surface area contributed by atoms with E-state index in [1.165, 1.54) is 11.1 Å². The molecule has 0 aliphatic rings. The summed E-state index contributed by atoms with van der Waals surface area (Å²) in [6.45, 7) is 5.85. The van der Waals surface area contributed by atoms with Crippen LogP contribution in [-0.4, -0.2) is 7.05 Å². The molecule has 0 unspecified atom stereocenters. The minimum absolute atomic E-state index is 0.401. The summed E-state index contributed by atoms with van der Waals surface area (Å²) in [5.41, 5.74) is 2.63. The van der Waals surface area contributed by atoms with Gasteiger partial charge in [-0.3, -0.25) is 0 Å². The monoisotopic (exact) mass is 175 g/mol. The number of nitrogens with one attached hydrogen (secondary N) is 1. The van der Waals surface area contributed by atoms with Crippen LogP contribution in [0.4, 0.5) is 0 Å². The van der Waals surface area contributed by atoms with Crippen molar-refractivity contribution >= 4 is 0 Å². The van der Waals surface area contributed by atoms with Gasteiger partial charge >= 0.3 is 0 Å². The van der Waals surface area contributed by atoms with E-state index in [4.69, 9.17) is 0 Å². The third kappa shape index (κ3) is 2.71. The smallest absolute Gasteiger partial charge is 0.0352 e. The van der Waals surface area contributed by atoms with E-state index in [-0.39, 0.29) is 0 Å². The summed E-state index contributed by atoms with van der Waals surface area (Å²) in [4.78, 5) is 0. The second-order valence-corrected chi connectivity index (χ2v) is 3.28. The third-order valence-electron chi connectivity index (χ3n) is 2.23.